The fraction of sp³-hybridized carbons (Fsp3) is 0.267. The number of aliphatic imine (C=N–C) groups is 1. The van der Waals surface area contributed by atoms with Crippen molar-refractivity contribution in [2.75, 3.05) is 77.1 Å². The molecule has 22 nitrogen and oxygen atoms in total. The Hall–Kier alpha value is -10.3. The van der Waals surface area contributed by atoms with Gasteiger partial charge >= 0.3 is 24.1 Å². The maximum Gasteiger partial charge on any atom is 0.408 e. The zero-order valence-electron chi connectivity index (χ0n) is 62.7. The highest BCUT2D eigenvalue weighted by Gasteiger charge is 2.51. The van der Waals surface area contributed by atoms with Gasteiger partial charge in [0.2, 0.25) is 0 Å². The molecule has 0 unspecified atom stereocenters. The number of Topliss-reactive ketones (excluding diaryl/α,β-unsaturated/α-hetero) is 1. The van der Waals surface area contributed by atoms with E-state index in [0.29, 0.717) is 67.0 Å². The molecule has 4 saturated heterocycles. The van der Waals surface area contributed by atoms with Crippen LogP contribution in [0.3, 0.4) is 0 Å². The molecule has 0 bridgehead atoms. The number of anilines is 2. The number of aryl methyl sites for hydroxylation is 3. The van der Waals surface area contributed by atoms with Gasteiger partial charge < -0.3 is 66.1 Å². The molecule has 8 heterocycles. The van der Waals surface area contributed by atoms with E-state index in [1.807, 2.05) is 125 Å². The maximum absolute atomic E-state index is 13.5. The zero-order chi connectivity index (χ0) is 81.1. The number of nitrogen functional groups attached to an aromatic ring is 1. The minimum atomic E-state index is -1.37. The van der Waals surface area contributed by atoms with Gasteiger partial charge in [0.1, 0.15) is 18.2 Å². The summed E-state index contributed by atoms with van der Waals surface area (Å²) in [5.74, 6) is -2.83. The number of thiophene rings is 3. The molecule has 1 spiro atoms. The van der Waals surface area contributed by atoms with Crippen LogP contribution in [-0.2, 0) is 54.0 Å². The summed E-state index contributed by atoms with van der Waals surface area (Å²) in [6.07, 6.45) is -1.01. The Balaban J connectivity index is 0.000000134. The second kappa shape index (κ2) is 34.0. The summed E-state index contributed by atoms with van der Waals surface area (Å²) in [5, 5.41) is 28.4. The number of nitrogens with two attached hydrogens (primary N) is 2. The Morgan fingerprint density at radius 3 is 1.27 bits per heavy atom. The predicted molar refractivity (Wildman–Crippen MR) is 440 cm³/mol. The first-order valence-corrected chi connectivity index (χ1v) is 39.8. The first-order chi connectivity index (χ1) is 54.5. The number of rotatable bonds is 15. The van der Waals surface area contributed by atoms with Gasteiger partial charge in [-0.25, -0.2) is 14.4 Å². The Bertz CT molecular complexity index is 5360. The number of nitrogens with one attached hydrogen (secondary N) is 3. The number of aliphatic carboxylic acids is 2. The van der Waals surface area contributed by atoms with Gasteiger partial charge in [-0.3, -0.25) is 29.0 Å². The topological polar surface area (TPSA) is 333 Å². The second-order valence-corrected chi connectivity index (χ2v) is 33.7. The van der Waals surface area contributed by atoms with E-state index in [4.69, 9.17) is 80.1 Å². The lowest BCUT2D eigenvalue weighted by Crippen LogP contribution is -2.68. The smallest absolute Gasteiger partial charge is 0.408 e. The fourth-order valence-corrected chi connectivity index (χ4v) is 17.5. The third kappa shape index (κ3) is 16.7. The molecule has 4 fully saturated rings. The number of benzene rings is 7. The first-order valence-electron chi connectivity index (χ1n) is 36.2. The molecular weight excluding hydrogens is 1580 g/mol. The normalized spacial score (nSPS) is 16.2. The molecule has 0 radical (unpaired) electrons. The summed E-state index contributed by atoms with van der Waals surface area (Å²) in [5.41, 5.74) is 23.7. The average molecular weight is 1660 g/mol. The number of carbonyl (C=O) groups is 8. The van der Waals surface area contributed by atoms with Gasteiger partial charge in [-0.15, -0.1) is 34.0 Å². The molecule has 0 atom stereocenters. The number of ketones is 3. The van der Waals surface area contributed by atoms with Gasteiger partial charge in [0, 0.05) is 75.1 Å². The van der Waals surface area contributed by atoms with E-state index in [0.717, 1.165) is 87.1 Å². The minimum Gasteiger partial charge on any atom is -0.480 e. The summed E-state index contributed by atoms with van der Waals surface area (Å²) in [6, 6.07) is 53.4. The molecule has 2 aliphatic carbocycles. The Labute approximate surface area is 683 Å². The number of carboxylic acid groups (broad SMARTS) is 2. The molecule has 114 heavy (non-hydrogen) atoms. The number of nitrogens with zero attached hydrogens (tertiary/aromatic N) is 1. The van der Waals surface area contributed by atoms with E-state index in [1.165, 1.54) is 33.1 Å². The van der Waals surface area contributed by atoms with E-state index in [1.54, 1.807) is 59.9 Å². The van der Waals surface area contributed by atoms with Crippen LogP contribution < -0.4 is 27.4 Å². The fourth-order valence-electron chi connectivity index (χ4n) is 14.0. The number of halogens is 3. The maximum atomic E-state index is 13.5. The number of carbonyl (C=O) groups excluding carboxylic acids is 6. The third-order valence-electron chi connectivity index (χ3n) is 21.1. The molecule has 5 aliphatic heterocycles. The monoisotopic (exact) mass is 1650 g/mol. The van der Waals surface area contributed by atoms with Crippen molar-refractivity contribution in [3.8, 4) is 22.3 Å². The van der Waals surface area contributed by atoms with E-state index in [-0.39, 0.29) is 82.0 Å². The number of amides is 3. The van der Waals surface area contributed by atoms with Gasteiger partial charge in [0.15, 0.2) is 39.5 Å². The highest BCUT2D eigenvalue weighted by Crippen LogP contribution is 2.47. The highest BCUT2D eigenvalue weighted by molar-refractivity contribution is 7.17. The number of carboxylic acids is 2. The van der Waals surface area contributed by atoms with Crippen molar-refractivity contribution >= 4 is 132 Å². The van der Waals surface area contributed by atoms with E-state index in [2.05, 4.69) is 58.8 Å². The molecule has 7 aromatic carbocycles. The number of hydrogen-bond donors (Lipinski definition) is 7. The number of fused-ring (bicyclic) bond motifs is 7. The van der Waals surface area contributed by atoms with E-state index in [9.17, 15) is 43.5 Å². The molecular formula is C86H79Cl3N6O16S3. The van der Waals surface area contributed by atoms with Crippen molar-refractivity contribution in [3.63, 3.8) is 0 Å². The summed E-state index contributed by atoms with van der Waals surface area (Å²) in [6.45, 7) is 13.1. The molecule has 28 heteroatoms. The zero-order valence-corrected chi connectivity index (χ0v) is 67.4. The molecule has 7 aliphatic rings. The third-order valence-corrected chi connectivity index (χ3v) is 25.2. The Kier molecular flexibility index (Phi) is 24.4. The van der Waals surface area contributed by atoms with Gasteiger partial charge in [0.05, 0.1) is 74.7 Å². The summed E-state index contributed by atoms with van der Waals surface area (Å²) in [7, 11) is 0. The lowest BCUT2D eigenvalue weighted by Gasteiger charge is -2.39. The Morgan fingerprint density at radius 1 is 0.500 bits per heavy atom. The molecule has 588 valence electrons. The van der Waals surface area contributed by atoms with E-state index >= 15 is 0 Å². The number of ether oxygens (including phenoxy) is 6. The predicted octanol–water partition coefficient (Wildman–Crippen LogP) is 15.3. The number of hydrogen-bond acceptors (Lipinski definition) is 20. The van der Waals surface area contributed by atoms with Crippen LogP contribution in [0.2, 0.25) is 15.1 Å². The molecule has 3 aromatic heterocycles. The summed E-state index contributed by atoms with van der Waals surface area (Å²) >= 11 is 22.3. The van der Waals surface area contributed by atoms with Crippen LogP contribution in [0, 0.1) is 41.5 Å². The van der Waals surface area contributed by atoms with Crippen LogP contribution in [-0.4, -0.2) is 152 Å². The van der Waals surface area contributed by atoms with Crippen LogP contribution >= 0.6 is 68.8 Å². The minimum absolute atomic E-state index is 0.00711. The van der Waals surface area contributed by atoms with Crippen molar-refractivity contribution in [3.05, 3.63) is 277 Å². The van der Waals surface area contributed by atoms with Gasteiger partial charge in [-0.05, 0) is 163 Å². The second-order valence-electron chi connectivity index (χ2n) is 28.6. The lowest BCUT2D eigenvalue weighted by molar-refractivity contribution is -0.165. The molecule has 9 N–H and O–H groups in total. The number of alkyl carbamates (subject to hydrolysis) is 2. The van der Waals surface area contributed by atoms with Crippen molar-refractivity contribution in [2.24, 2.45) is 10.7 Å². The van der Waals surface area contributed by atoms with Gasteiger partial charge in [-0.1, -0.05) is 144 Å². The van der Waals surface area contributed by atoms with Crippen molar-refractivity contribution in [1.82, 2.24) is 10.6 Å². The molecule has 0 saturated carbocycles. The quantitative estimate of drug-likeness (QED) is 0.0469. The van der Waals surface area contributed by atoms with Crippen LogP contribution in [0.1, 0.15) is 113 Å². The van der Waals surface area contributed by atoms with Crippen molar-refractivity contribution < 1.29 is 77.0 Å². The lowest BCUT2D eigenvalue weighted by atomic mass is 9.91. The summed E-state index contributed by atoms with van der Waals surface area (Å²) < 4.78 is 31.2. The van der Waals surface area contributed by atoms with Crippen LogP contribution in [0.5, 0.6) is 0 Å². The highest BCUT2D eigenvalue weighted by atomic mass is 35.5. The SMILES string of the molecule is Cc1sc(N)c(C(=O)c2ccc(Cl)cc2)c1C.Cc1sc(NC(=O)C2(NC(=O)OCC3c4ccccc4-c4ccccc43)COC2)c(C(=O)c2ccc(Cl)cc2)c1C.Cc1sc2c(c1C)C(c1ccc(Cl)cc1)=NC1(COC1)C(=O)C2.NC1(C(=O)O)COC1.O=C(NC1(C(=O)O)COC1)OCC1c2ccccc2-c2ccccc21. The van der Waals surface area contributed by atoms with Gasteiger partial charge in [-0.2, -0.15) is 0 Å². The molecule has 3 amide bonds. The largest absolute Gasteiger partial charge is 0.480 e. The van der Waals surface area contributed by atoms with Crippen molar-refractivity contribution in [2.45, 2.75) is 82.0 Å². The van der Waals surface area contributed by atoms with Crippen LogP contribution in [0.4, 0.5) is 19.6 Å². The molecule has 17 rings (SSSR count). The standard InChI is InChI=1S/C32H27ClN2O5S.C19H17NO5.C18H16ClNO2S.C13H12ClNOS.C4H7NO3/c1-18-19(2)41-29(27(18)28(36)20-11-13-21(33)14-12-20)34-30(37)32(16-39-17-32)35-31(38)40-15-26-24-9-5-3-7-22(24)23-8-4-6-10-25(23)26;21-17(22)19(10-24-11-19)20-18(23)25-9-16-14-7-3-1-5-12(14)13-6-2-4-8-15(13)16;1-10-11(2)23-14-7-15(21)18(8-22-9-18)20-17(16(10)14)12-3-5-13(19)6-4-12;1-7-8(2)17-13(15)11(7)12(16)9-3-5-10(14)6-4-9;5-4(3(6)7)1-8-2-4/h3-14,26H,15-17H2,1-2H3,(H,34,37)(H,35,38);1-8,16H,9-11H2,(H,20,23)(H,21,22);3-6H,7-9H2,1-2H3;3-6H,15H2,1-2H3;1-2,5H2,(H,6,7). The van der Waals surface area contributed by atoms with Crippen LogP contribution in [0.25, 0.3) is 22.3 Å². The van der Waals surface area contributed by atoms with Gasteiger partial charge in [0.25, 0.3) is 5.91 Å². The average Bonchev–Trinajstić information content (AvgIpc) is 1.48. The first kappa shape index (κ1) is 81.7. The van der Waals surface area contributed by atoms with Crippen LogP contribution in [0.15, 0.2) is 175 Å². The van der Waals surface area contributed by atoms with Crippen molar-refractivity contribution in [1.29, 1.82) is 0 Å². The Morgan fingerprint density at radius 2 is 0.895 bits per heavy atom. The van der Waals surface area contributed by atoms with E-state index < -0.39 is 52.2 Å². The molecule has 10 aromatic rings. The summed E-state index contributed by atoms with van der Waals surface area (Å²) in [4.78, 5) is 108.